The van der Waals surface area contributed by atoms with E-state index >= 15 is 0 Å². The van der Waals surface area contributed by atoms with Gasteiger partial charge in [0.05, 0.1) is 6.61 Å². The number of carbonyl (C=O) groups excluding carboxylic acids is 2. The molecule has 0 radical (unpaired) electrons. The Labute approximate surface area is 201 Å². The average Bonchev–Trinajstić information content (AvgIpc) is 2.80. The van der Waals surface area contributed by atoms with Crippen molar-refractivity contribution in [3.8, 4) is 5.75 Å². The quantitative estimate of drug-likeness (QED) is 0.601. The number of rotatable bonds is 7. The highest BCUT2D eigenvalue weighted by molar-refractivity contribution is 7.80. The second-order valence-corrected chi connectivity index (χ2v) is 8.79. The van der Waals surface area contributed by atoms with Crippen molar-refractivity contribution < 1.29 is 14.3 Å². The van der Waals surface area contributed by atoms with Crippen molar-refractivity contribution >= 4 is 40.5 Å². The summed E-state index contributed by atoms with van der Waals surface area (Å²) in [6.45, 7) is 9.74. The second kappa shape index (κ2) is 11.7. The summed E-state index contributed by atoms with van der Waals surface area (Å²) in [7, 11) is 0. The minimum Gasteiger partial charge on any atom is -0.494 e. The lowest BCUT2D eigenvalue weighted by molar-refractivity contribution is -0.132. The van der Waals surface area contributed by atoms with Crippen molar-refractivity contribution in [2.45, 2.75) is 27.2 Å². The van der Waals surface area contributed by atoms with Crippen molar-refractivity contribution in [2.24, 2.45) is 5.92 Å². The predicted molar refractivity (Wildman–Crippen MR) is 136 cm³/mol. The minimum absolute atomic E-state index is 0.235. The molecule has 3 rings (SSSR count). The molecule has 1 heterocycles. The maximum absolute atomic E-state index is 12.4. The monoisotopic (exact) mass is 468 g/mol. The largest absolute Gasteiger partial charge is 0.494 e. The number of nitrogens with one attached hydrogen (secondary N) is 2. The fraction of sp³-hybridized carbons (Fsp3) is 0.400. The molecule has 8 heteroatoms. The molecular formula is C25H32N4O3S. The maximum atomic E-state index is 12.4. The van der Waals surface area contributed by atoms with Crippen LogP contribution in [0.25, 0.3) is 0 Å². The summed E-state index contributed by atoms with van der Waals surface area (Å²) in [5.74, 6) is 1.06. The molecule has 0 unspecified atom stereocenters. The van der Waals surface area contributed by atoms with E-state index in [2.05, 4.69) is 29.4 Å². The summed E-state index contributed by atoms with van der Waals surface area (Å²) in [5, 5.41) is 5.98. The summed E-state index contributed by atoms with van der Waals surface area (Å²) < 4.78 is 5.39. The van der Waals surface area contributed by atoms with Gasteiger partial charge in [-0.3, -0.25) is 14.9 Å². The van der Waals surface area contributed by atoms with E-state index in [1.165, 1.54) is 0 Å². The van der Waals surface area contributed by atoms with E-state index in [-0.39, 0.29) is 16.9 Å². The Morgan fingerprint density at radius 2 is 1.64 bits per heavy atom. The third kappa shape index (κ3) is 7.18. The van der Waals surface area contributed by atoms with Crippen molar-refractivity contribution in [1.29, 1.82) is 0 Å². The molecule has 0 aliphatic carbocycles. The van der Waals surface area contributed by atoms with Crippen LogP contribution in [-0.4, -0.2) is 54.6 Å². The molecule has 1 aliphatic rings. The Morgan fingerprint density at radius 3 is 2.21 bits per heavy atom. The van der Waals surface area contributed by atoms with Crippen LogP contribution in [0, 0.1) is 5.92 Å². The number of piperazine rings is 1. The molecule has 0 atom stereocenters. The van der Waals surface area contributed by atoms with E-state index in [0.29, 0.717) is 24.5 Å². The highest BCUT2D eigenvalue weighted by Crippen LogP contribution is 2.20. The van der Waals surface area contributed by atoms with Gasteiger partial charge in [0.2, 0.25) is 5.91 Å². The van der Waals surface area contributed by atoms with Gasteiger partial charge in [0.15, 0.2) is 5.11 Å². The number of thiocarbonyl (C=S) groups is 1. The molecule has 1 saturated heterocycles. The SMILES string of the molecule is CCOc1ccc(C(=O)NC(=S)Nc2ccc(N3CCN(C(=O)CC(C)C)CC3)cc2)cc1. The number of amides is 2. The van der Waals surface area contributed by atoms with Gasteiger partial charge in [0, 0.05) is 49.5 Å². The summed E-state index contributed by atoms with van der Waals surface area (Å²) in [5.41, 5.74) is 2.39. The first kappa shape index (κ1) is 24.5. The Bertz CT molecular complexity index is 953. The molecule has 0 bridgehead atoms. The van der Waals surface area contributed by atoms with Crippen LogP contribution in [0.4, 0.5) is 11.4 Å². The molecule has 2 aromatic rings. The molecule has 1 fully saturated rings. The van der Waals surface area contributed by atoms with E-state index in [1.807, 2.05) is 36.1 Å². The normalized spacial score (nSPS) is 13.6. The lowest BCUT2D eigenvalue weighted by Crippen LogP contribution is -2.49. The number of nitrogens with zero attached hydrogens (tertiary/aromatic N) is 2. The average molecular weight is 469 g/mol. The van der Waals surface area contributed by atoms with E-state index in [9.17, 15) is 9.59 Å². The molecule has 176 valence electrons. The Kier molecular flexibility index (Phi) is 8.65. The lowest BCUT2D eigenvalue weighted by atomic mass is 10.1. The Hall–Kier alpha value is -3.13. The second-order valence-electron chi connectivity index (χ2n) is 8.38. The Morgan fingerprint density at radius 1 is 1.00 bits per heavy atom. The summed E-state index contributed by atoms with van der Waals surface area (Å²) in [6.07, 6.45) is 0.607. The van der Waals surface area contributed by atoms with Gasteiger partial charge in [-0.05, 0) is 73.6 Å². The van der Waals surface area contributed by atoms with Gasteiger partial charge in [0.1, 0.15) is 5.75 Å². The number of anilines is 2. The van der Waals surface area contributed by atoms with Crippen molar-refractivity contribution in [3.63, 3.8) is 0 Å². The van der Waals surface area contributed by atoms with E-state index in [4.69, 9.17) is 17.0 Å². The number of benzene rings is 2. The smallest absolute Gasteiger partial charge is 0.257 e. The number of hydrogen-bond donors (Lipinski definition) is 2. The maximum Gasteiger partial charge on any atom is 0.257 e. The number of hydrogen-bond acceptors (Lipinski definition) is 5. The van der Waals surface area contributed by atoms with Gasteiger partial charge >= 0.3 is 0 Å². The summed E-state index contributed by atoms with van der Waals surface area (Å²) >= 11 is 5.29. The molecule has 2 N–H and O–H groups in total. The highest BCUT2D eigenvalue weighted by atomic mass is 32.1. The van der Waals surface area contributed by atoms with E-state index in [0.717, 1.165) is 43.3 Å². The standard InChI is InChI=1S/C25H32N4O3S/c1-4-32-22-11-5-19(6-12-22)24(31)27-25(33)26-20-7-9-21(10-8-20)28-13-15-29(16-14-28)23(30)17-18(2)3/h5-12,18H,4,13-17H2,1-3H3,(H2,26,27,31,33). The zero-order valence-corrected chi connectivity index (χ0v) is 20.3. The van der Waals surface area contributed by atoms with Crippen LogP contribution in [0.1, 0.15) is 37.6 Å². The number of carbonyl (C=O) groups is 2. The van der Waals surface area contributed by atoms with Crippen molar-refractivity contribution in [2.75, 3.05) is 43.0 Å². The van der Waals surface area contributed by atoms with Crippen LogP contribution in [0.5, 0.6) is 5.75 Å². The minimum atomic E-state index is -0.281. The van der Waals surface area contributed by atoms with Gasteiger partial charge < -0.3 is 19.9 Å². The topological polar surface area (TPSA) is 73.9 Å². The Balaban J connectivity index is 1.47. The fourth-order valence-electron chi connectivity index (χ4n) is 3.65. The molecular weight excluding hydrogens is 436 g/mol. The van der Waals surface area contributed by atoms with Crippen LogP contribution < -0.4 is 20.3 Å². The highest BCUT2D eigenvalue weighted by Gasteiger charge is 2.21. The predicted octanol–water partition coefficient (Wildman–Crippen LogP) is 3.91. The first-order chi connectivity index (χ1) is 15.9. The lowest BCUT2D eigenvalue weighted by Gasteiger charge is -2.36. The first-order valence-corrected chi connectivity index (χ1v) is 11.7. The van der Waals surface area contributed by atoms with Crippen LogP contribution in [0.2, 0.25) is 0 Å². The van der Waals surface area contributed by atoms with Crippen molar-refractivity contribution in [1.82, 2.24) is 10.2 Å². The third-order valence-corrected chi connectivity index (χ3v) is 5.56. The molecule has 0 aromatic heterocycles. The number of ether oxygens (including phenoxy) is 1. The molecule has 1 aliphatic heterocycles. The van der Waals surface area contributed by atoms with Crippen LogP contribution in [-0.2, 0) is 4.79 Å². The molecule has 2 aromatic carbocycles. The van der Waals surface area contributed by atoms with Crippen LogP contribution in [0.15, 0.2) is 48.5 Å². The van der Waals surface area contributed by atoms with Gasteiger partial charge in [-0.1, -0.05) is 13.8 Å². The van der Waals surface area contributed by atoms with E-state index in [1.54, 1.807) is 24.3 Å². The van der Waals surface area contributed by atoms with Gasteiger partial charge in [-0.15, -0.1) is 0 Å². The van der Waals surface area contributed by atoms with Crippen LogP contribution in [0.3, 0.4) is 0 Å². The molecule has 0 saturated carbocycles. The van der Waals surface area contributed by atoms with E-state index < -0.39 is 0 Å². The summed E-state index contributed by atoms with van der Waals surface area (Å²) in [6, 6.07) is 14.8. The van der Waals surface area contributed by atoms with Crippen molar-refractivity contribution in [3.05, 3.63) is 54.1 Å². The molecule has 2 amide bonds. The molecule has 33 heavy (non-hydrogen) atoms. The molecule has 0 spiro atoms. The first-order valence-electron chi connectivity index (χ1n) is 11.3. The van der Waals surface area contributed by atoms with Crippen LogP contribution >= 0.6 is 12.2 Å². The van der Waals surface area contributed by atoms with Gasteiger partial charge in [-0.25, -0.2) is 0 Å². The zero-order valence-electron chi connectivity index (χ0n) is 19.5. The zero-order chi connectivity index (χ0) is 23.8. The fourth-order valence-corrected chi connectivity index (χ4v) is 3.87. The van der Waals surface area contributed by atoms with Gasteiger partial charge in [0.25, 0.3) is 5.91 Å². The third-order valence-electron chi connectivity index (χ3n) is 5.36. The van der Waals surface area contributed by atoms with Gasteiger partial charge in [-0.2, -0.15) is 0 Å². The summed E-state index contributed by atoms with van der Waals surface area (Å²) in [4.78, 5) is 28.9. The molecule has 7 nitrogen and oxygen atoms in total.